The van der Waals surface area contributed by atoms with E-state index in [0.29, 0.717) is 19.1 Å². The van der Waals surface area contributed by atoms with Gasteiger partial charge in [-0.15, -0.1) is 0 Å². The second-order valence-electron chi connectivity index (χ2n) is 5.63. The Bertz CT molecular complexity index is 673. The number of ether oxygens (including phenoxy) is 1. The Morgan fingerprint density at radius 1 is 1.52 bits per heavy atom. The first kappa shape index (κ1) is 14.1. The van der Waals surface area contributed by atoms with Crippen LogP contribution < -0.4 is 0 Å². The third-order valence-electron chi connectivity index (χ3n) is 3.91. The first-order chi connectivity index (χ1) is 10.1. The first-order valence-corrected chi connectivity index (χ1v) is 7.44. The lowest BCUT2D eigenvalue weighted by Gasteiger charge is -2.17. The molecule has 0 bridgehead atoms. The zero-order chi connectivity index (χ0) is 15.0. The Morgan fingerprint density at radius 2 is 2.29 bits per heavy atom. The van der Waals surface area contributed by atoms with Gasteiger partial charge in [0, 0.05) is 12.5 Å². The molecule has 1 fully saturated rings. The van der Waals surface area contributed by atoms with Gasteiger partial charge in [-0.1, -0.05) is 0 Å². The van der Waals surface area contributed by atoms with E-state index in [2.05, 4.69) is 11.5 Å². The summed E-state index contributed by atoms with van der Waals surface area (Å²) in [5, 5.41) is 9.11. The van der Waals surface area contributed by atoms with Gasteiger partial charge in [0.2, 0.25) is 0 Å². The van der Waals surface area contributed by atoms with Gasteiger partial charge < -0.3 is 14.4 Å². The molecule has 2 aromatic rings. The molecule has 21 heavy (non-hydrogen) atoms. The molecule has 0 radical (unpaired) electrons. The number of fused-ring (bicyclic) bond motifs is 1. The zero-order valence-electron chi connectivity index (χ0n) is 12.4. The highest BCUT2D eigenvalue weighted by Gasteiger charge is 2.31. The molecular weight excluding hydrogens is 268 g/mol. The Labute approximate surface area is 123 Å². The molecule has 0 amide bonds. The molecule has 1 heterocycles. The van der Waals surface area contributed by atoms with Crippen LogP contribution in [0.15, 0.2) is 18.2 Å². The number of hydrogen-bond donors (Lipinski definition) is 1. The van der Waals surface area contributed by atoms with Gasteiger partial charge in [0.1, 0.15) is 5.82 Å². The van der Waals surface area contributed by atoms with Crippen LogP contribution in [0.5, 0.6) is 0 Å². The van der Waals surface area contributed by atoms with E-state index in [-0.39, 0.29) is 11.6 Å². The fourth-order valence-electron chi connectivity index (χ4n) is 2.71. The van der Waals surface area contributed by atoms with Crippen molar-refractivity contribution in [1.29, 1.82) is 0 Å². The molecule has 0 aliphatic heterocycles. The summed E-state index contributed by atoms with van der Waals surface area (Å²) in [5.74, 6) is 0.663. The molecule has 1 aromatic carbocycles. The predicted octanol–water partition coefficient (Wildman–Crippen LogP) is 3.21. The number of carboxylic acid groups (broad SMARTS) is 1. The third kappa shape index (κ3) is 2.65. The molecule has 1 saturated carbocycles. The molecule has 1 aromatic heterocycles. The molecule has 112 valence electrons. The van der Waals surface area contributed by atoms with Crippen LogP contribution in [0, 0.1) is 0 Å². The Balaban J connectivity index is 2.07. The van der Waals surface area contributed by atoms with E-state index in [4.69, 9.17) is 14.8 Å². The summed E-state index contributed by atoms with van der Waals surface area (Å²) in [6.45, 7) is 5.44. The molecule has 0 saturated heterocycles. The first-order valence-electron chi connectivity index (χ1n) is 7.44. The standard InChI is InChI=1S/C16H20N2O3/c1-3-21-9-10(2)18-14-7-6-12(16(19)20)8-13(14)17-15(18)11-4-5-11/h6-8,10-11H,3-5,9H2,1-2H3,(H,19,20). The highest BCUT2D eigenvalue weighted by atomic mass is 16.5. The number of imidazole rings is 1. The Hall–Kier alpha value is -1.88. The van der Waals surface area contributed by atoms with E-state index in [0.717, 1.165) is 29.7 Å². The van der Waals surface area contributed by atoms with Crippen molar-refractivity contribution in [2.24, 2.45) is 0 Å². The summed E-state index contributed by atoms with van der Waals surface area (Å²) in [5.41, 5.74) is 2.04. The number of carboxylic acids is 1. The van der Waals surface area contributed by atoms with E-state index in [1.807, 2.05) is 13.0 Å². The molecular formula is C16H20N2O3. The van der Waals surface area contributed by atoms with Crippen molar-refractivity contribution >= 4 is 17.0 Å². The van der Waals surface area contributed by atoms with Crippen LogP contribution in [0.2, 0.25) is 0 Å². The van der Waals surface area contributed by atoms with Gasteiger partial charge in [-0.3, -0.25) is 0 Å². The Morgan fingerprint density at radius 3 is 2.90 bits per heavy atom. The maximum atomic E-state index is 11.1. The lowest BCUT2D eigenvalue weighted by molar-refractivity contribution is 0.0697. The highest BCUT2D eigenvalue weighted by molar-refractivity contribution is 5.92. The number of hydrogen-bond acceptors (Lipinski definition) is 3. The summed E-state index contributed by atoms with van der Waals surface area (Å²) in [6, 6.07) is 5.36. The molecule has 1 aliphatic rings. The van der Waals surface area contributed by atoms with E-state index in [1.54, 1.807) is 12.1 Å². The highest BCUT2D eigenvalue weighted by Crippen LogP contribution is 2.41. The van der Waals surface area contributed by atoms with Gasteiger partial charge in [0.25, 0.3) is 0 Å². The molecule has 1 aliphatic carbocycles. The molecule has 3 rings (SSSR count). The largest absolute Gasteiger partial charge is 0.478 e. The van der Waals surface area contributed by atoms with Gasteiger partial charge in [0.15, 0.2) is 0 Å². The molecule has 5 heteroatoms. The number of benzene rings is 1. The quantitative estimate of drug-likeness (QED) is 0.886. The third-order valence-corrected chi connectivity index (χ3v) is 3.91. The van der Waals surface area contributed by atoms with Crippen LogP contribution in [0.1, 0.15) is 54.8 Å². The molecule has 1 atom stereocenters. The van der Waals surface area contributed by atoms with E-state index in [1.165, 1.54) is 0 Å². The van der Waals surface area contributed by atoms with E-state index < -0.39 is 5.97 Å². The van der Waals surface area contributed by atoms with Gasteiger partial charge in [-0.05, 0) is 44.9 Å². The van der Waals surface area contributed by atoms with Crippen molar-refractivity contribution < 1.29 is 14.6 Å². The summed E-state index contributed by atoms with van der Waals surface area (Å²) >= 11 is 0. The van der Waals surface area contributed by atoms with Crippen LogP contribution in [0.4, 0.5) is 0 Å². The predicted molar refractivity (Wildman–Crippen MR) is 79.9 cm³/mol. The second-order valence-corrected chi connectivity index (χ2v) is 5.63. The average Bonchev–Trinajstić information content (AvgIpc) is 3.24. The van der Waals surface area contributed by atoms with E-state index in [9.17, 15) is 4.79 Å². The van der Waals surface area contributed by atoms with Crippen LogP contribution in [-0.4, -0.2) is 33.8 Å². The van der Waals surface area contributed by atoms with Crippen LogP contribution in [0.25, 0.3) is 11.0 Å². The SMILES string of the molecule is CCOCC(C)n1c(C2CC2)nc2cc(C(=O)O)ccc21. The minimum atomic E-state index is -0.915. The summed E-state index contributed by atoms with van der Waals surface area (Å²) in [7, 11) is 0. The van der Waals surface area contributed by atoms with Crippen molar-refractivity contribution in [1.82, 2.24) is 9.55 Å². The number of aromatic nitrogens is 2. The van der Waals surface area contributed by atoms with E-state index >= 15 is 0 Å². The molecule has 1 N–H and O–H groups in total. The van der Waals surface area contributed by atoms with Gasteiger partial charge in [0.05, 0.1) is 29.2 Å². The molecule has 5 nitrogen and oxygen atoms in total. The number of nitrogens with zero attached hydrogens (tertiary/aromatic N) is 2. The minimum Gasteiger partial charge on any atom is -0.478 e. The number of aromatic carboxylic acids is 1. The maximum Gasteiger partial charge on any atom is 0.335 e. The monoisotopic (exact) mass is 288 g/mol. The van der Waals surface area contributed by atoms with Gasteiger partial charge in [-0.2, -0.15) is 0 Å². The number of rotatable bonds is 6. The maximum absolute atomic E-state index is 11.1. The molecule has 1 unspecified atom stereocenters. The fraction of sp³-hybridized carbons (Fsp3) is 0.500. The second kappa shape index (κ2) is 5.48. The Kier molecular flexibility index (Phi) is 3.68. The van der Waals surface area contributed by atoms with Crippen molar-refractivity contribution in [2.75, 3.05) is 13.2 Å². The fourth-order valence-corrected chi connectivity index (χ4v) is 2.71. The van der Waals surface area contributed by atoms with Gasteiger partial charge in [-0.25, -0.2) is 9.78 Å². The normalized spacial score (nSPS) is 16.3. The number of carbonyl (C=O) groups is 1. The summed E-state index contributed by atoms with van der Waals surface area (Å²) in [4.78, 5) is 15.8. The van der Waals surface area contributed by atoms with Crippen molar-refractivity contribution in [2.45, 2.75) is 38.6 Å². The topological polar surface area (TPSA) is 64.4 Å². The molecule has 0 spiro atoms. The van der Waals surface area contributed by atoms with Crippen LogP contribution in [0.3, 0.4) is 0 Å². The zero-order valence-corrected chi connectivity index (χ0v) is 12.4. The van der Waals surface area contributed by atoms with Crippen molar-refractivity contribution in [3.63, 3.8) is 0 Å². The summed E-state index contributed by atoms with van der Waals surface area (Å²) < 4.78 is 7.76. The minimum absolute atomic E-state index is 0.196. The van der Waals surface area contributed by atoms with Crippen LogP contribution >= 0.6 is 0 Å². The lowest BCUT2D eigenvalue weighted by atomic mass is 10.2. The van der Waals surface area contributed by atoms with Crippen molar-refractivity contribution in [3.05, 3.63) is 29.6 Å². The average molecular weight is 288 g/mol. The smallest absolute Gasteiger partial charge is 0.335 e. The van der Waals surface area contributed by atoms with Crippen LogP contribution in [-0.2, 0) is 4.74 Å². The van der Waals surface area contributed by atoms with Gasteiger partial charge >= 0.3 is 5.97 Å². The van der Waals surface area contributed by atoms with Crippen molar-refractivity contribution in [3.8, 4) is 0 Å². The summed E-state index contributed by atoms with van der Waals surface area (Å²) in [6.07, 6.45) is 2.33. The lowest BCUT2D eigenvalue weighted by Crippen LogP contribution is -2.14.